The van der Waals surface area contributed by atoms with Gasteiger partial charge in [0.1, 0.15) is 0 Å². The number of carbonyl (C=O) groups excluding carboxylic acids is 1. The number of rotatable bonds is 7. The molecule has 0 spiro atoms. The normalized spacial score (nSPS) is 14.0. The van der Waals surface area contributed by atoms with Crippen molar-refractivity contribution in [1.82, 2.24) is 14.5 Å². The molecule has 0 aliphatic carbocycles. The Morgan fingerprint density at radius 1 is 0.969 bits per heavy atom. The number of anilines is 1. The largest absolute Gasteiger partial charge is 0.481 e. The highest BCUT2D eigenvalue weighted by molar-refractivity contribution is 7.99. The van der Waals surface area contributed by atoms with Gasteiger partial charge in [-0.2, -0.15) is 0 Å². The molecule has 2 aromatic carbocycles. The topological polar surface area (TPSA) is 95.7 Å². The number of hydrogen-bond donors (Lipinski definition) is 1. The maximum atomic E-state index is 13.0. The van der Waals surface area contributed by atoms with Crippen LogP contribution in [0.15, 0.2) is 64.5 Å². The summed E-state index contributed by atoms with van der Waals surface area (Å²) < 4.78 is 1.42. The molecule has 0 bridgehead atoms. The summed E-state index contributed by atoms with van der Waals surface area (Å²) in [6.45, 7) is 2.93. The second-order valence-corrected chi connectivity index (χ2v) is 8.45. The summed E-state index contributed by atoms with van der Waals surface area (Å²) in [7, 11) is 0. The van der Waals surface area contributed by atoms with Gasteiger partial charge in [0, 0.05) is 44.8 Å². The first-order valence-electron chi connectivity index (χ1n) is 10.4. The number of aliphatic carboxylic acids is 1. The van der Waals surface area contributed by atoms with Gasteiger partial charge in [0.25, 0.3) is 5.56 Å². The Labute approximate surface area is 189 Å². The molecule has 1 aromatic heterocycles. The van der Waals surface area contributed by atoms with Crippen molar-refractivity contribution in [3.8, 4) is 0 Å². The van der Waals surface area contributed by atoms with Crippen LogP contribution in [-0.4, -0.2) is 63.4 Å². The van der Waals surface area contributed by atoms with Crippen LogP contribution in [0.3, 0.4) is 0 Å². The Kier molecular flexibility index (Phi) is 6.75. The summed E-state index contributed by atoms with van der Waals surface area (Å²) in [5, 5.41) is 9.81. The molecular formula is C23H24N4O4S. The third kappa shape index (κ3) is 4.94. The molecule has 1 saturated heterocycles. The zero-order valence-electron chi connectivity index (χ0n) is 17.5. The maximum Gasteiger partial charge on any atom is 0.313 e. The molecular weight excluding hydrogens is 428 g/mol. The van der Waals surface area contributed by atoms with Crippen LogP contribution in [0.4, 0.5) is 5.69 Å². The average Bonchev–Trinajstić information content (AvgIpc) is 2.83. The molecule has 1 aliphatic heterocycles. The number of para-hydroxylation sites is 2. The van der Waals surface area contributed by atoms with Gasteiger partial charge in [-0.25, -0.2) is 4.98 Å². The molecule has 32 heavy (non-hydrogen) atoms. The van der Waals surface area contributed by atoms with Crippen molar-refractivity contribution >= 4 is 40.2 Å². The first kappa shape index (κ1) is 21.9. The average molecular weight is 453 g/mol. The molecule has 2 heterocycles. The molecule has 1 fully saturated rings. The molecule has 4 rings (SSSR count). The van der Waals surface area contributed by atoms with Crippen molar-refractivity contribution in [2.24, 2.45) is 0 Å². The molecule has 0 unspecified atom stereocenters. The van der Waals surface area contributed by atoms with E-state index in [9.17, 15) is 14.4 Å². The molecule has 8 nitrogen and oxygen atoms in total. The van der Waals surface area contributed by atoms with Crippen molar-refractivity contribution in [2.45, 2.75) is 18.1 Å². The van der Waals surface area contributed by atoms with Gasteiger partial charge in [-0.1, -0.05) is 42.1 Å². The lowest BCUT2D eigenvalue weighted by molar-refractivity contribution is -0.134. The number of fused-ring (bicyclic) bond motifs is 1. The fraction of sp³-hybridized carbons (Fsp3) is 0.304. The Hall–Kier alpha value is -3.33. The van der Waals surface area contributed by atoms with Crippen LogP contribution >= 0.6 is 11.8 Å². The lowest BCUT2D eigenvalue weighted by Gasteiger charge is -2.36. The third-order valence-corrected chi connectivity index (χ3v) is 6.42. The zero-order chi connectivity index (χ0) is 22.5. The first-order valence-corrected chi connectivity index (χ1v) is 11.4. The number of aromatic nitrogens is 2. The number of amides is 1. The molecule has 0 radical (unpaired) electrons. The van der Waals surface area contributed by atoms with Crippen LogP contribution in [0, 0.1) is 0 Å². The molecule has 1 amide bonds. The lowest BCUT2D eigenvalue weighted by Crippen LogP contribution is -2.49. The van der Waals surface area contributed by atoms with E-state index in [1.54, 1.807) is 24.3 Å². The summed E-state index contributed by atoms with van der Waals surface area (Å²) in [6.07, 6.45) is 0.159. The van der Waals surface area contributed by atoms with Crippen LogP contribution in [0.5, 0.6) is 0 Å². The standard InChI is InChI=1S/C23H24N4O4S/c28-20(26-14-12-25(13-15-26)17-6-2-1-3-7-17)10-11-27-22(31)18-8-4-5-9-19(18)24-23(27)32-16-21(29)30/h1-9H,10-16H2,(H,29,30). The Bertz CT molecular complexity index is 1170. The molecule has 3 aromatic rings. The third-order valence-electron chi connectivity index (χ3n) is 5.45. The van der Waals surface area contributed by atoms with Crippen LogP contribution in [-0.2, 0) is 16.1 Å². The van der Waals surface area contributed by atoms with Crippen molar-refractivity contribution < 1.29 is 14.7 Å². The number of carboxylic acids is 1. The van der Waals surface area contributed by atoms with Gasteiger partial charge in [-0.15, -0.1) is 0 Å². The van der Waals surface area contributed by atoms with E-state index in [4.69, 9.17) is 5.11 Å². The minimum Gasteiger partial charge on any atom is -0.481 e. The molecule has 0 atom stereocenters. The van der Waals surface area contributed by atoms with Crippen molar-refractivity contribution in [3.05, 3.63) is 65.0 Å². The number of thioether (sulfide) groups is 1. The zero-order valence-corrected chi connectivity index (χ0v) is 18.3. The van der Waals surface area contributed by atoms with E-state index >= 15 is 0 Å². The highest BCUT2D eigenvalue weighted by Gasteiger charge is 2.22. The van der Waals surface area contributed by atoms with Gasteiger partial charge >= 0.3 is 5.97 Å². The molecule has 9 heteroatoms. The first-order chi connectivity index (χ1) is 15.5. The van der Waals surface area contributed by atoms with Crippen molar-refractivity contribution in [2.75, 3.05) is 36.8 Å². The van der Waals surface area contributed by atoms with E-state index in [1.165, 1.54) is 4.57 Å². The molecule has 0 saturated carbocycles. The summed E-state index contributed by atoms with van der Waals surface area (Å²) >= 11 is 0.990. The number of piperazine rings is 1. The van der Waals surface area contributed by atoms with E-state index in [2.05, 4.69) is 22.0 Å². The van der Waals surface area contributed by atoms with Crippen LogP contribution in [0.1, 0.15) is 6.42 Å². The van der Waals surface area contributed by atoms with Crippen LogP contribution in [0.2, 0.25) is 0 Å². The summed E-state index contributed by atoms with van der Waals surface area (Å²) in [5.41, 5.74) is 1.41. The van der Waals surface area contributed by atoms with Gasteiger partial charge < -0.3 is 14.9 Å². The minimum atomic E-state index is -0.990. The summed E-state index contributed by atoms with van der Waals surface area (Å²) in [5.74, 6) is -1.22. The molecule has 1 N–H and O–H groups in total. The highest BCUT2D eigenvalue weighted by atomic mass is 32.2. The van der Waals surface area contributed by atoms with Gasteiger partial charge in [0.2, 0.25) is 5.91 Å². The Morgan fingerprint density at radius 3 is 2.38 bits per heavy atom. The monoisotopic (exact) mass is 452 g/mol. The van der Waals surface area contributed by atoms with E-state index in [-0.39, 0.29) is 30.2 Å². The minimum absolute atomic E-state index is 0.0213. The number of nitrogens with zero attached hydrogens (tertiary/aromatic N) is 4. The number of hydrogen-bond acceptors (Lipinski definition) is 6. The van der Waals surface area contributed by atoms with Crippen LogP contribution < -0.4 is 10.5 Å². The number of carboxylic acid groups (broad SMARTS) is 1. The predicted molar refractivity (Wildman–Crippen MR) is 124 cm³/mol. The SMILES string of the molecule is O=C(O)CSc1nc2ccccc2c(=O)n1CCC(=O)N1CCN(c2ccccc2)CC1. The Balaban J connectivity index is 1.44. The van der Waals surface area contributed by atoms with Gasteiger partial charge in [-0.3, -0.25) is 19.0 Å². The fourth-order valence-corrected chi connectivity index (χ4v) is 4.55. The Morgan fingerprint density at radius 2 is 1.66 bits per heavy atom. The maximum absolute atomic E-state index is 13.0. The molecule has 166 valence electrons. The second-order valence-electron chi connectivity index (χ2n) is 7.50. The van der Waals surface area contributed by atoms with E-state index in [0.29, 0.717) is 29.1 Å². The van der Waals surface area contributed by atoms with Crippen LogP contribution in [0.25, 0.3) is 10.9 Å². The van der Waals surface area contributed by atoms with Gasteiger partial charge in [-0.05, 0) is 24.3 Å². The summed E-state index contributed by atoms with van der Waals surface area (Å²) in [6, 6.07) is 17.1. The number of benzene rings is 2. The highest BCUT2D eigenvalue weighted by Crippen LogP contribution is 2.19. The van der Waals surface area contributed by atoms with Gasteiger partial charge in [0.15, 0.2) is 5.16 Å². The number of carbonyl (C=O) groups is 2. The fourth-order valence-electron chi connectivity index (χ4n) is 3.80. The summed E-state index contributed by atoms with van der Waals surface area (Å²) in [4.78, 5) is 45.4. The van der Waals surface area contributed by atoms with E-state index in [0.717, 1.165) is 30.5 Å². The molecule has 1 aliphatic rings. The quantitative estimate of drug-likeness (QED) is 0.434. The van der Waals surface area contributed by atoms with Crippen molar-refractivity contribution in [1.29, 1.82) is 0 Å². The second kappa shape index (κ2) is 9.86. The lowest BCUT2D eigenvalue weighted by atomic mass is 10.2. The van der Waals surface area contributed by atoms with E-state index < -0.39 is 5.97 Å². The van der Waals surface area contributed by atoms with Crippen molar-refractivity contribution in [3.63, 3.8) is 0 Å². The predicted octanol–water partition coefficient (Wildman–Crippen LogP) is 2.31. The van der Waals surface area contributed by atoms with E-state index in [1.807, 2.05) is 23.1 Å². The van der Waals surface area contributed by atoms with Gasteiger partial charge in [0.05, 0.1) is 16.7 Å². The smallest absolute Gasteiger partial charge is 0.313 e.